The molecular formula is C31H43NO5. The third-order valence-corrected chi connectivity index (χ3v) is 8.65. The van der Waals surface area contributed by atoms with Gasteiger partial charge in [-0.05, 0) is 43.4 Å². The van der Waals surface area contributed by atoms with Gasteiger partial charge < -0.3 is 29.0 Å². The molecule has 202 valence electrons. The van der Waals surface area contributed by atoms with E-state index in [9.17, 15) is 5.11 Å². The van der Waals surface area contributed by atoms with Gasteiger partial charge in [0.1, 0.15) is 24.0 Å². The van der Waals surface area contributed by atoms with Crippen molar-refractivity contribution in [1.82, 2.24) is 0 Å². The molecule has 1 aliphatic carbocycles. The Kier molecular flexibility index (Phi) is 9.63. The Morgan fingerprint density at radius 1 is 1.00 bits per heavy atom. The molecule has 2 bridgehead atoms. The van der Waals surface area contributed by atoms with Gasteiger partial charge in [0, 0.05) is 31.1 Å². The number of carbonyl (C=O) groups excluding carboxylic acids is 1. The summed E-state index contributed by atoms with van der Waals surface area (Å²) in [5.41, 5.74) is 0.165. The summed E-state index contributed by atoms with van der Waals surface area (Å²) < 4.78 is 13.8. The van der Waals surface area contributed by atoms with Crippen LogP contribution in [0.3, 0.4) is 0 Å². The number of carbonyl (C=O) groups is 1. The van der Waals surface area contributed by atoms with Gasteiger partial charge in [0.25, 0.3) is 0 Å². The van der Waals surface area contributed by atoms with Crippen molar-refractivity contribution in [2.75, 3.05) is 39.4 Å². The number of ether oxygens (including phenoxy) is 2. The number of hydrogen-bond acceptors (Lipinski definition) is 5. The molecule has 2 atom stereocenters. The van der Waals surface area contributed by atoms with E-state index in [0.29, 0.717) is 18.4 Å². The molecule has 37 heavy (non-hydrogen) atoms. The molecule has 2 aromatic carbocycles. The highest BCUT2D eigenvalue weighted by Crippen LogP contribution is 2.42. The molecule has 3 aliphatic heterocycles. The first-order valence-electron chi connectivity index (χ1n) is 14.0. The minimum Gasteiger partial charge on any atom is -0.550 e. The first kappa shape index (κ1) is 27.6. The molecule has 0 aromatic heterocycles. The number of nitrogens with zero attached hydrogens (tertiary/aromatic N) is 1. The van der Waals surface area contributed by atoms with Crippen LogP contribution >= 0.6 is 0 Å². The third-order valence-electron chi connectivity index (χ3n) is 8.65. The number of rotatable bonds is 10. The van der Waals surface area contributed by atoms with E-state index in [2.05, 4.69) is 12.1 Å². The van der Waals surface area contributed by atoms with Crippen molar-refractivity contribution in [3.8, 4) is 5.75 Å². The van der Waals surface area contributed by atoms with Crippen molar-refractivity contribution in [3.05, 3.63) is 66.2 Å². The number of benzene rings is 2. The molecule has 2 aromatic rings. The van der Waals surface area contributed by atoms with Crippen molar-refractivity contribution < 1.29 is 29.0 Å². The van der Waals surface area contributed by atoms with Crippen LogP contribution in [0.4, 0.5) is 0 Å². The van der Waals surface area contributed by atoms with E-state index in [0.717, 1.165) is 61.7 Å². The predicted octanol–water partition coefficient (Wildman–Crippen LogP) is 3.92. The zero-order chi connectivity index (χ0) is 26.1. The van der Waals surface area contributed by atoms with Crippen molar-refractivity contribution in [2.24, 2.45) is 11.8 Å². The maximum absolute atomic E-state index is 11.9. The van der Waals surface area contributed by atoms with Gasteiger partial charge in [-0.15, -0.1) is 0 Å². The first-order valence-corrected chi connectivity index (χ1v) is 14.0. The molecule has 1 N–H and O–H groups in total. The lowest BCUT2D eigenvalue weighted by Crippen LogP contribution is -2.65. The van der Waals surface area contributed by atoms with Gasteiger partial charge in [-0.25, -0.2) is 0 Å². The molecular weight excluding hydrogens is 466 g/mol. The van der Waals surface area contributed by atoms with Crippen LogP contribution in [-0.2, 0) is 15.1 Å². The number of aliphatic hydroxyl groups is 1. The van der Waals surface area contributed by atoms with Crippen LogP contribution in [0.1, 0.15) is 57.4 Å². The minimum atomic E-state index is -1.08. The molecule has 4 aliphatic rings. The summed E-state index contributed by atoms with van der Waals surface area (Å²) in [6, 6.07) is 20.4. The highest BCUT2D eigenvalue weighted by atomic mass is 16.5. The van der Waals surface area contributed by atoms with Gasteiger partial charge in [-0.2, -0.15) is 0 Å². The molecule has 0 amide bonds. The summed E-state index contributed by atoms with van der Waals surface area (Å²) in [5.74, 6) is 0.830. The van der Waals surface area contributed by atoms with Crippen LogP contribution in [0.2, 0.25) is 0 Å². The summed E-state index contributed by atoms with van der Waals surface area (Å²) in [6.07, 6.45) is 8.47. The SMILES string of the molecule is CC(=O)[O-].OC(COC1C[N+]2(CCCOc3ccccc3)CCC1CC2)(c1ccccc1)C1CCCC1. The van der Waals surface area contributed by atoms with E-state index in [1.807, 2.05) is 48.5 Å². The average Bonchev–Trinajstić information content (AvgIpc) is 3.47. The van der Waals surface area contributed by atoms with Crippen molar-refractivity contribution in [2.45, 2.75) is 63.6 Å². The lowest BCUT2D eigenvalue weighted by molar-refractivity contribution is -0.946. The fraction of sp³-hybridized carbons (Fsp3) is 0.581. The topological polar surface area (TPSA) is 78.8 Å². The number of fused-ring (bicyclic) bond motifs is 3. The van der Waals surface area contributed by atoms with Gasteiger partial charge in [-0.1, -0.05) is 61.4 Å². The van der Waals surface area contributed by atoms with E-state index in [1.54, 1.807) is 0 Å². The summed E-state index contributed by atoms with van der Waals surface area (Å²) >= 11 is 0. The van der Waals surface area contributed by atoms with E-state index in [-0.39, 0.29) is 6.10 Å². The van der Waals surface area contributed by atoms with E-state index >= 15 is 0 Å². The fourth-order valence-electron chi connectivity index (χ4n) is 6.63. The van der Waals surface area contributed by atoms with Crippen LogP contribution in [0.5, 0.6) is 5.75 Å². The quantitative estimate of drug-likeness (QED) is 0.388. The van der Waals surface area contributed by atoms with Gasteiger partial charge in [-0.3, -0.25) is 0 Å². The van der Waals surface area contributed by atoms with Gasteiger partial charge in [0.05, 0.1) is 32.8 Å². The Morgan fingerprint density at radius 3 is 2.22 bits per heavy atom. The number of carboxylic acids is 1. The lowest BCUT2D eigenvalue weighted by atomic mass is 9.80. The van der Waals surface area contributed by atoms with Crippen LogP contribution in [0, 0.1) is 11.8 Å². The monoisotopic (exact) mass is 509 g/mol. The Bertz CT molecular complexity index is 950. The van der Waals surface area contributed by atoms with Gasteiger partial charge in [0.15, 0.2) is 0 Å². The zero-order valence-corrected chi connectivity index (χ0v) is 22.2. The second-order valence-electron chi connectivity index (χ2n) is 11.2. The lowest BCUT2D eigenvalue weighted by Gasteiger charge is -2.53. The maximum atomic E-state index is 11.9. The van der Waals surface area contributed by atoms with Crippen LogP contribution in [-0.4, -0.2) is 61.1 Å². The molecule has 6 rings (SSSR count). The Labute approximate surface area is 221 Å². The number of piperidine rings is 3. The number of hydrogen-bond donors (Lipinski definition) is 1. The normalized spacial score (nSPS) is 26.6. The summed E-state index contributed by atoms with van der Waals surface area (Å²) in [5, 5.41) is 20.8. The second kappa shape index (κ2) is 12.9. The minimum absolute atomic E-state index is 0.263. The zero-order valence-electron chi connectivity index (χ0n) is 22.2. The third kappa shape index (κ3) is 7.34. The maximum Gasteiger partial charge on any atom is 0.119 e. The standard InChI is InChI=1S/C29H40NO3.C2H4O2/c31-29(26-12-7-8-13-26,25-10-3-1-4-11-25)23-33-28-22-30(19-16-24(28)17-20-30)18-9-21-32-27-14-5-2-6-15-27;1-2(3)4/h1-6,10-11,14-15,24,26,28,31H,7-9,12-13,16-23H2;1H3,(H,3,4)/q+1;/p-1. The Hall–Kier alpha value is -2.41. The fourth-order valence-corrected chi connectivity index (χ4v) is 6.63. The van der Waals surface area contributed by atoms with Crippen LogP contribution < -0.4 is 9.84 Å². The van der Waals surface area contributed by atoms with E-state index in [4.69, 9.17) is 19.4 Å². The summed E-state index contributed by atoms with van der Waals surface area (Å²) in [4.78, 5) is 8.89. The molecule has 0 spiro atoms. The molecule has 4 fully saturated rings. The number of carboxylic acid groups (broad SMARTS) is 1. The van der Waals surface area contributed by atoms with Crippen molar-refractivity contribution in [3.63, 3.8) is 0 Å². The van der Waals surface area contributed by atoms with E-state index in [1.165, 1.54) is 38.8 Å². The van der Waals surface area contributed by atoms with E-state index < -0.39 is 11.6 Å². The van der Waals surface area contributed by atoms with Crippen LogP contribution in [0.15, 0.2) is 60.7 Å². The van der Waals surface area contributed by atoms with Crippen molar-refractivity contribution >= 4 is 5.97 Å². The van der Waals surface area contributed by atoms with Gasteiger partial charge >= 0.3 is 0 Å². The molecule has 2 unspecified atom stereocenters. The molecule has 0 radical (unpaired) electrons. The summed E-state index contributed by atoms with van der Waals surface area (Å²) in [7, 11) is 0. The molecule has 3 saturated heterocycles. The average molecular weight is 510 g/mol. The predicted molar refractivity (Wildman–Crippen MR) is 142 cm³/mol. The number of para-hydroxylation sites is 1. The highest BCUT2D eigenvalue weighted by molar-refractivity contribution is 5.60. The molecule has 1 saturated carbocycles. The number of quaternary nitrogens is 1. The highest BCUT2D eigenvalue weighted by Gasteiger charge is 2.48. The molecule has 6 nitrogen and oxygen atoms in total. The first-order chi connectivity index (χ1) is 17.9. The Balaban J connectivity index is 0.000000747. The van der Waals surface area contributed by atoms with Gasteiger partial charge in [0.2, 0.25) is 0 Å². The Morgan fingerprint density at radius 2 is 1.59 bits per heavy atom. The van der Waals surface area contributed by atoms with Crippen LogP contribution in [0.25, 0.3) is 0 Å². The largest absolute Gasteiger partial charge is 0.550 e. The molecule has 3 heterocycles. The number of aliphatic carboxylic acids is 1. The van der Waals surface area contributed by atoms with Crippen molar-refractivity contribution in [1.29, 1.82) is 0 Å². The second-order valence-corrected chi connectivity index (χ2v) is 11.2. The molecule has 6 heteroatoms. The summed E-state index contributed by atoms with van der Waals surface area (Å²) in [6.45, 7) is 6.95. The smallest absolute Gasteiger partial charge is 0.119 e.